The topological polar surface area (TPSA) is 32.3 Å². The summed E-state index contributed by atoms with van der Waals surface area (Å²) in [6, 6.07) is 1.26. The van der Waals surface area contributed by atoms with Crippen LogP contribution in [0.2, 0.25) is 0 Å². The van der Waals surface area contributed by atoms with E-state index in [2.05, 4.69) is 5.32 Å². The van der Waals surface area contributed by atoms with Crippen LogP contribution in [0.1, 0.15) is 57.8 Å². The van der Waals surface area contributed by atoms with Crippen LogP contribution in [0.4, 0.5) is 0 Å². The Kier molecular flexibility index (Phi) is 5.13. The predicted molar refractivity (Wildman–Crippen MR) is 79.6 cm³/mol. The van der Waals surface area contributed by atoms with E-state index in [0.29, 0.717) is 18.0 Å². The Morgan fingerprint density at radius 3 is 2.37 bits per heavy atom. The van der Waals surface area contributed by atoms with E-state index in [1.54, 1.807) is 0 Å². The van der Waals surface area contributed by atoms with Gasteiger partial charge in [-0.2, -0.15) is 0 Å². The number of amides is 1. The van der Waals surface area contributed by atoms with Crippen LogP contribution in [-0.4, -0.2) is 36.0 Å². The summed E-state index contributed by atoms with van der Waals surface area (Å²) in [4.78, 5) is 14.6. The Morgan fingerprint density at radius 1 is 1.05 bits per heavy atom. The number of likely N-dealkylation sites (N-methyl/N-ethyl adjacent to an activating group) is 1. The van der Waals surface area contributed by atoms with Gasteiger partial charge < -0.3 is 10.2 Å². The molecule has 1 saturated heterocycles. The van der Waals surface area contributed by atoms with Crippen molar-refractivity contribution < 1.29 is 4.79 Å². The molecule has 3 atom stereocenters. The van der Waals surface area contributed by atoms with E-state index >= 15 is 0 Å². The van der Waals surface area contributed by atoms with E-state index in [0.717, 1.165) is 12.3 Å². The van der Waals surface area contributed by atoms with Gasteiger partial charge in [-0.15, -0.1) is 12.4 Å². The van der Waals surface area contributed by atoms with Gasteiger partial charge in [0.15, 0.2) is 0 Å². The maximum atomic E-state index is 12.5. The van der Waals surface area contributed by atoms with Crippen molar-refractivity contribution in [1.82, 2.24) is 10.2 Å². The fourth-order valence-electron chi connectivity index (χ4n) is 4.23. The van der Waals surface area contributed by atoms with E-state index in [1.165, 1.54) is 51.4 Å². The number of fused-ring (bicyclic) bond motifs is 1. The number of carbonyl (C=O) groups is 1. The Hall–Kier alpha value is -0.280. The van der Waals surface area contributed by atoms with Gasteiger partial charge in [-0.3, -0.25) is 4.79 Å². The zero-order chi connectivity index (χ0) is 12.5. The third-order valence-electron chi connectivity index (χ3n) is 5.38. The largest absolute Gasteiger partial charge is 0.341 e. The summed E-state index contributed by atoms with van der Waals surface area (Å²) in [6.07, 6.45) is 11.4. The first kappa shape index (κ1) is 15.1. The molecule has 2 saturated carbocycles. The van der Waals surface area contributed by atoms with Crippen molar-refractivity contribution in [3.05, 3.63) is 0 Å². The molecule has 1 aliphatic heterocycles. The van der Waals surface area contributed by atoms with Crippen LogP contribution in [0.15, 0.2) is 0 Å². The number of halogens is 1. The molecule has 0 spiro atoms. The molecule has 0 radical (unpaired) electrons. The summed E-state index contributed by atoms with van der Waals surface area (Å²) in [5.74, 6) is 1.13. The third-order valence-corrected chi connectivity index (χ3v) is 5.38. The molecule has 0 bridgehead atoms. The van der Waals surface area contributed by atoms with E-state index in [-0.39, 0.29) is 18.4 Å². The number of hydrogen-bond acceptors (Lipinski definition) is 2. The minimum absolute atomic E-state index is 0. The standard InChI is InChI=1S/C15H26N2O.ClH/c1-17(12-7-3-4-8-12)15(18)14-10-11-6-2-5-9-13(11)16-14;/h11-14,16H,2-10H2,1H3;1H. The Balaban J connectivity index is 0.00000133. The maximum absolute atomic E-state index is 12.5. The molecule has 4 heteroatoms. The van der Waals surface area contributed by atoms with Gasteiger partial charge >= 0.3 is 0 Å². The summed E-state index contributed by atoms with van der Waals surface area (Å²) in [5.41, 5.74) is 0. The van der Waals surface area contributed by atoms with Crippen LogP contribution < -0.4 is 5.32 Å². The zero-order valence-corrected chi connectivity index (χ0v) is 12.8. The zero-order valence-electron chi connectivity index (χ0n) is 11.9. The van der Waals surface area contributed by atoms with E-state index in [9.17, 15) is 4.79 Å². The van der Waals surface area contributed by atoms with Crippen LogP contribution in [0.5, 0.6) is 0 Å². The molecule has 1 heterocycles. The minimum atomic E-state index is 0. The summed E-state index contributed by atoms with van der Waals surface area (Å²) >= 11 is 0. The second-order valence-electron chi connectivity index (χ2n) is 6.49. The minimum Gasteiger partial charge on any atom is -0.341 e. The maximum Gasteiger partial charge on any atom is 0.239 e. The van der Waals surface area contributed by atoms with E-state index < -0.39 is 0 Å². The molecule has 1 N–H and O–H groups in total. The third kappa shape index (κ3) is 3.08. The van der Waals surface area contributed by atoms with Crippen LogP contribution in [0.25, 0.3) is 0 Å². The van der Waals surface area contributed by atoms with Crippen LogP contribution in [-0.2, 0) is 4.79 Å². The van der Waals surface area contributed by atoms with Gasteiger partial charge in [-0.25, -0.2) is 0 Å². The lowest BCUT2D eigenvalue weighted by Crippen LogP contribution is -2.47. The van der Waals surface area contributed by atoms with Gasteiger partial charge in [0.05, 0.1) is 6.04 Å². The van der Waals surface area contributed by atoms with Gasteiger partial charge in [-0.05, 0) is 38.0 Å². The van der Waals surface area contributed by atoms with Gasteiger partial charge in [0.2, 0.25) is 5.91 Å². The average Bonchev–Trinajstić information content (AvgIpc) is 3.05. The fraction of sp³-hybridized carbons (Fsp3) is 0.933. The van der Waals surface area contributed by atoms with E-state index in [1.807, 2.05) is 11.9 Å². The number of nitrogens with zero attached hydrogens (tertiary/aromatic N) is 1. The molecule has 0 aromatic heterocycles. The quantitative estimate of drug-likeness (QED) is 0.846. The van der Waals surface area contributed by atoms with Crippen molar-refractivity contribution in [3.8, 4) is 0 Å². The van der Waals surface area contributed by atoms with Crippen molar-refractivity contribution in [3.63, 3.8) is 0 Å². The van der Waals surface area contributed by atoms with Crippen molar-refractivity contribution in [2.24, 2.45) is 5.92 Å². The molecular formula is C15H27ClN2O. The highest BCUT2D eigenvalue weighted by atomic mass is 35.5. The number of carbonyl (C=O) groups excluding carboxylic acids is 1. The van der Waals surface area contributed by atoms with Crippen LogP contribution in [0, 0.1) is 5.92 Å². The van der Waals surface area contributed by atoms with Gasteiger partial charge in [0.25, 0.3) is 0 Å². The van der Waals surface area contributed by atoms with Crippen LogP contribution >= 0.6 is 12.4 Å². The second-order valence-corrected chi connectivity index (χ2v) is 6.49. The molecule has 19 heavy (non-hydrogen) atoms. The highest BCUT2D eigenvalue weighted by molar-refractivity contribution is 5.85. The second kappa shape index (κ2) is 6.45. The molecule has 110 valence electrons. The molecule has 3 aliphatic rings. The summed E-state index contributed by atoms with van der Waals surface area (Å²) in [5, 5.41) is 3.61. The Labute approximate surface area is 122 Å². The van der Waals surface area contributed by atoms with Crippen molar-refractivity contribution in [1.29, 1.82) is 0 Å². The monoisotopic (exact) mass is 286 g/mol. The Morgan fingerprint density at radius 2 is 1.68 bits per heavy atom. The highest BCUT2D eigenvalue weighted by Crippen LogP contribution is 2.34. The average molecular weight is 287 g/mol. The van der Waals surface area contributed by atoms with Crippen molar-refractivity contribution >= 4 is 18.3 Å². The molecule has 3 unspecified atom stereocenters. The Bertz CT molecular complexity index is 303. The van der Waals surface area contributed by atoms with Gasteiger partial charge in [0, 0.05) is 19.1 Å². The first-order chi connectivity index (χ1) is 8.75. The molecular weight excluding hydrogens is 260 g/mol. The first-order valence-electron chi connectivity index (χ1n) is 7.78. The summed E-state index contributed by atoms with van der Waals surface area (Å²) in [7, 11) is 2.02. The first-order valence-corrected chi connectivity index (χ1v) is 7.78. The number of hydrogen-bond donors (Lipinski definition) is 1. The molecule has 2 aliphatic carbocycles. The lowest BCUT2D eigenvalue weighted by atomic mass is 9.85. The molecule has 3 rings (SSSR count). The lowest BCUT2D eigenvalue weighted by Gasteiger charge is -2.27. The number of rotatable bonds is 2. The normalized spacial score (nSPS) is 34.7. The van der Waals surface area contributed by atoms with Gasteiger partial charge in [0.1, 0.15) is 0 Å². The van der Waals surface area contributed by atoms with Crippen molar-refractivity contribution in [2.75, 3.05) is 7.05 Å². The fourth-order valence-corrected chi connectivity index (χ4v) is 4.23. The molecule has 0 aromatic carbocycles. The summed E-state index contributed by atoms with van der Waals surface area (Å²) < 4.78 is 0. The van der Waals surface area contributed by atoms with Gasteiger partial charge in [-0.1, -0.05) is 25.7 Å². The molecule has 0 aromatic rings. The smallest absolute Gasteiger partial charge is 0.239 e. The summed E-state index contributed by atoms with van der Waals surface area (Å²) in [6.45, 7) is 0. The molecule has 3 nitrogen and oxygen atoms in total. The SMILES string of the molecule is CN(C(=O)C1CC2CCCCC2N1)C1CCCC1.Cl. The van der Waals surface area contributed by atoms with E-state index in [4.69, 9.17) is 0 Å². The number of nitrogens with one attached hydrogen (secondary N) is 1. The van der Waals surface area contributed by atoms with Crippen molar-refractivity contribution in [2.45, 2.75) is 75.9 Å². The molecule has 3 fully saturated rings. The lowest BCUT2D eigenvalue weighted by molar-refractivity contribution is -0.133. The van der Waals surface area contributed by atoms with Crippen LogP contribution in [0.3, 0.4) is 0 Å². The predicted octanol–water partition coefficient (Wildman–Crippen LogP) is 2.73. The highest BCUT2D eigenvalue weighted by Gasteiger charge is 2.40. The molecule has 1 amide bonds.